The summed E-state index contributed by atoms with van der Waals surface area (Å²) in [6.45, 7) is 3.79. The Kier molecular flexibility index (Phi) is 6.16. The van der Waals surface area contributed by atoms with Crippen LogP contribution in [0.5, 0.6) is 0 Å². The van der Waals surface area contributed by atoms with E-state index in [2.05, 4.69) is 5.32 Å². The Balaban J connectivity index is 1.60. The fourth-order valence-corrected chi connectivity index (χ4v) is 5.25. The average molecular weight is 394 g/mol. The molecule has 148 valence electrons. The van der Waals surface area contributed by atoms with Gasteiger partial charge in [-0.2, -0.15) is 4.31 Å². The highest BCUT2D eigenvalue weighted by molar-refractivity contribution is 7.89. The Morgan fingerprint density at radius 1 is 0.963 bits per heavy atom. The molecule has 2 amide bonds. The Morgan fingerprint density at radius 3 is 2.11 bits per heavy atom. The van der Waals surface area contributed by atoms with Gasteiger partial charge in [0.25, 0.3) is 0 Å². The van der Waals surface area contributed by atoms with Crippen molar-refractivity contribution in [1.29, 1.82) is 0 Å². The van der Waals surface area contributed by atoms with Crippen molar-refractivity contribution in [3.63, 3.8) is 0 Å². The molecule has 0 aromatic heterocycles. The second kappa shape index (κ2) is 8.39. The van der Waals surface area contributed by atoms with E-state index in [4.69, 9.17) is 0 Å². The van der Waals surface area contributed by atoms with Crippen LogP contribution in [0.15, 0.2) is 29.2 Å². The molecule has 8 heteroatoms. The van der Waals surface area contributed by atoms with Crippen LogP contribution in [-0.4, -0.2) is 55.6 Å². The number of likely N-dealkylation sites (tertiary alicyclic amines) is 1. The lowest BCUT2D eigenvalue weighted by Gasteiger charge is -2.35. The van der Waals surface area contributed by atoms with Crippen LogP contribution in [0.4, 0.5) is 5.69 Å². The summed E-state index contributed by atoms with van der Waals surface area (Å²) in [5.74, 6) is -0.0887. The molecule has 27 heavy (non-hydrogen) atoms. The second-order valence-corrected chi connectivity index (χ2v) is 9.21. The number of amides is 2. The molecule has 1 aromatic rings. The third kappa shape index (κ3) is 4.68. The molecule has 1 aromatic carbocycles. The maximum Gasteiger partial charge on any atom is 0.243 e. The minimum atomic E-state index is -3.59. The van der Waals surface area contributed by atoms with Crippen LogP contribution in [-0.2, 0) is 19.6 Å². The van der Waals surface area contributed by atoms with Crippen LogP contribution < -0.4 is 5.32 Å². The van der Waals surface area contributed by atoms with Crippen molar-refractivity contribution >= 4 is 27.5 Å². The van der Waals surface area contributed by atoms with Crippen LogP contribution >= 0.6 is 0 Å². The molecule has 0 unspecified atom stereocenters. The zero-order valence-electron chi connectivity index (χ0n) is 15.7. The number of piperidine rings is 2. The summed E-state index contributed by atoms with van der Waals surface area (Å²) in [7, 11) is -3.59. The van der Waals surface area contributed by atoms with Crippen molar-refractivity contribution < 1.29 is 18.0 Å². The van der Waals surface area contributed by atoms with Crippen LogP contribution in [0, 0.1) is 5.92 Å². The number of rotatable bonds is 4. The molecule has 1 N–H and O–H groups in total. The molecule has 2 aliphatic heterocycles. The van der Waals surface area contributed by atoms with E-state index in [1.807, 2.05) is 4.90 Å². The van der Waals surface area contributed by atoms with Gasteiger partial charge in [0.1, 0.15) is 0 Å². The van der Waals surface area contributed by atoms with Gasteiger partial charge in [-0.1, -0.05) is 0 Å². The number of hydrogen-bond acceptors (Lipinski definition) is 4. The lowest BCUT2D eigenvalue weighted by Crippen LogP contribution is -2.45. The topological polar surface area (TPSA) is 86.8 Å². The minimum absolute atomic E-state index is 0.0725. The van der Waals surface area contributed by atoms with Gasteiger partial charge in [-0.3, -0.25) is 9.59 Å². The van der Waals surface area contributed by atoms with Gasteiger partial charge in [0.2, 0.25) is 21.8 Å². The van der Waals surface area contributed by atoms with Crippen LogP contribution in [0.3, 0.4) is 0 Å². The van der Waals surface area contributed by atoms with Gasteiger partial charge in [-0.15, -0.1) is 0 Å². The van der Waals surface area contributed by atoms with Gasteiger partial charge in [-0.25, -0.2) is 8.42 Å². The van der Waals surface area contributed by atoms with Gasteiger partial charge in [0.05, 0.1) is 4.90 Å². The molecule has 0 saturated carbocycles. The summed E-state index contributed by atoms with van der Waals surface area (Å²) in [5.41, 5.74) is 0.562. The van der Waals surface area contributed by atoms with Crippen molar-refractivity contribution in [2.24, 2.45) is 5.92 Å². The van der Waals surface area contributed by atoms with Gasteiger partial charge < -0.3 is 10.2 Å². The molecule has 3 rings (SSSR count). The number of nitrogens with zero attached hydrogens (tertiary/aromatic N) is 2. The third-order valence-corrected chi connectivity index (χ3v) is 7.20. The van der Waals surface area contributed by atoms with E-state index in [0.29, 0.717) is 31.6 Å². The van der Waals surface area contributed by atoms with Gasteiger partial charge in [0.15, 0.2) is 0 Å². The van der Waals surface area contributed by atoms with Crippen LogP contribution in [0.2, 0.25) is 0 Å². The summed E-state index contributed by atoms with van der Waals surface area (Å²) in [5, 5.41) is 2.62. The Labute approximate surface area is 160 Å². The molecule has 2 saturated heterocycles. The third-order valence-electron chi connectivity index (χ3n) is 5.28. The fourth-order valence-electron chi connectivity index (χ4n) is 3.78. The lowest BCUT2D eigenvalue weighted by molar-refractivity contribution is -0.137. The number of sulfonamides is 1. The molecule has 0 radical (unpaired) electrons. The van der Waals surface area contributed by atoms with Crippen molar-refractivity contribution in [1.82, 2.24) is 9.21 Å². The first-order valence-electron chi connectivity index (χ1n) is 9.54. The fraction of sp³-hybridized carbons (Fsp3) is 0.579. The summed E-state index contributed by atoms with van der Waals surface area (Å²) < 4.78 is 27.1. The summed E-state index contributed by atoms with van der Waals surface area (Å²) in [6, 6.07) is 6.18. The van der Waals surface area contributed by atoms with Crippen molar-refractivity contribution in [3.05, 3.63) is 24.3 Å². The van der Waals surface area contributed by atoms with Gasteiger partial charge in [-0.05, 0) is 56.4 Å². The first-order valence-corrected chi connectivity index (χ1v) is 11.0. The number of nitrogens with one attached hydrogen (secondary N) is 1. The first-order chi connectivity index (χ1) is 12.9. The highest BCUT2D eigenvalue weighted by Gasteiger charge is 2.34. The van der Waals surface area contributed by atoms with Crippen molar-refractivity contribution in [2.75, 3.05) is 31.5 Å². The van der Waals surface area contributed by atoms with E-state index >= 15 is 0 Å². The van der Waals surface area contributed by atoms with Gasteiger partial charge in [0, 0.05) is 44.7 Å². The first kappa shape index (κ1) is 19.8. The molecule has 0 atom stereocenters. The molecule has 0 bridgehead atoms. The zero-order valence-corrected chi connectivity index (χ0v) is 16.5. The number of hydrogen-bond donors (Lipinski definition) is 1. The number of benzene rings is 1. The molecule has 2 fully saturated rings. The SMILES string of the molecule is CC(=O)Nc1ccc(S(=O)(=O)N2CCC(C(=O)N3CCCCC3)CC2)cc1. The molecule has 0 spiro atoms. The molecular weight excluding hydrogens is 366 g/mol. The number of anilines is 1. The van der Waals surface area contributed by atoms with Crippen LogP contribution in [0.1, 0.15) is 39.0 Å². The Morgan fingerprint density at radius 2 is 1.56 bits per heavy atom. The van der Waals surface area contributed by atoms with E-state index in [1.165, 1.54) is 29.8 Å². The van der Waals surface area contributed by atoms with E-state index in [0.717, 1.165) is 25.9 Å². The van der Waals surface area contributed by atoms with E-state index < -0.39 is 10.0 Å². The van der Waals surface area contributed by atoms with E-state index in [1.54, 1.807) is 12.1 Å². The maximum atomic E-state index is 12.8. The van der Waals surface area contributed by atoms with Crippen molar-refractivity contribution in [2.45, 2.75) is 43.9 Å². The average Bonchev–Trinajstić information content (AvgIpc) is 2.68. The van der Waals surface area contributed by atoms with Crippen LogP contribution in [0.25, 0.3) is 0 Å². The molecule has 2 heterocycles. The molecular formula is C19H27N3O4S. The van der Waals surface area contributed by atoms with E-state index in [-0.39, 0.29) is 22.6 Å². The zero-order chi connectivity index (χ0) is 19.4. The summed E-state index contributed by atoms with van der Waals surface area (Å²) in [6.07, 6.45) is 4.44. The quantitative estimate of drug-likeness (QED) is 0.848. The number of carbonyl (C=O) groups is 2. The summed E-state index contributed by atoms with van der Waals surface area (Å²) in [4.78, 5) is 25.9. The monoisotopic (exact) mass is 393 g/mol. The Hall–Kier alpha value is -1.93. The highest BCUT2D eigenvalue weighted by Crippen LogP contribution is 2.26. The lowest BCUT2D eigenvalue weighted by atomic mass is 9.95. The molecule has 7 nitrogen and oxygen atoms in total. The van der Waals surface area contributed by atoms with Gasteiger partial charge >= 0.3 is 0 Å². The highest BCUT2D eigenvalue weighted by atomic mass is 32.2. The smallest absolute Gasteiger partial charge is 0.243 e. The normalized spacial score (nSPS) is 19.7. The largest absolute Gasteiger partial charge is 0.342 e. The maximum absolute atomic E-state index is 12.8. The molecule has 2 aliphatic rings. The predicted molar refractivity (Wildman–Crippen MR) is 103 cm³/mol. The van der Waals surface area contributed by atoms with E-state index in [9.17, 15) is 18.0 Å². The second-order valence-electron chi connectivity index (χ2n) is 7.27. The predicted octanol–water partition coefficient (Wildman–Crippen LogP) is 2.06. The number of carbonyl (C=O) groups excluding carboxylic acids is 2. The molecule has 0 aliphatic carbocycles. The minimum Gasteiger partial charge on any atom is -0.342 e. The van der Waals surface area contributed by atoms with Crippen molar-refractivity contribution in [3.8, 4) is 0 Å². The summed E-state index contributed by atoms with van der Waals surface area (Å²) >= 11 is 0. The standard InChI is InChI=1S/C19H27N3O4S/c1-15(23)20-17-5-7-18(8-6-17)27(25,26)22-13-9-16(10-14-22)19(24)21-11-3-2-4-12-21/h5-8,16H,2-4,9-14H2,1H3,(H,20,23). The Bertz CT molecular complexity index is 778.